The average Bonchev–Trinajstić information content (AvgIpc) is 3.19. The number of amides is 3. The van der Waals surface area contributed by atoms with E-state index >= 15 is 0 Å². The van der Waals surface area contributed by atoms with Crippen LogP contribution in [0, 0.1) is 0 Å². The third kappa shape index (κ3) is 4.19. The minimum absolute atomic E-state index is 0.102. The van der Waals surface area contributed by atoms with Crippen molar-refractivity contribution < 1.29 is 23.1 Å². The lowest BCUT2D eigenvalue weighted by Gasteiger charge is -2.36. The number of rotatable bonds is 5. The Morgan fingerprint density at radius 1 is 1.19 bits per heavy atom. The van der Waals surface area contributed by atoms with Crippen molar-refractivity contribution in [3.8, 4) is 5.75 Å². The maximum atomic E-state index is 13.3. The maximum Gasteiger partial charge on any atom is 0.387 e. The van der Waals surface area contributed by atoms with Gasteiger partial charge in [-0.1, -0.05) is 30.3 Å². The molecule has 3 amide bonds. The standard InChI is InChI=1S/C21H19F2N5O3S/c22-20(23)31-15-8-4-3-7-13(15)27-21(30)28-10-9-14-17(32-19(26-14)18(25)29)16(28)11-5-1-2-6-12(11)24/h1-8,16,20H,9-10,24H2,(H2,25,29)(H,27,30). The molecule has 3 aromatic rings. The van der Waals surface area contributed by atoms with Crippen molar-refractivity contribution >= 4 is 34.6 Å². The van der Waals surface area contributed by atoms with Gasteiger partial charge in [-0.3, -0.25) is 4.79 Å². The third-order valence-electron chi connectivity index (χ3n) is 4.98. The zero-order chi connectivity index (χ0) is 22.8. The minimum Gasteiger partial charge on any atom is -0.433 e. The Hall–Kier alpha value is -3.73. The van der Waals surface area contributed by atoms with E-state index in [1.165, 1.54) is 23.1 Å². The summed E-state index contributed by atoms with van der Waals surface area (Å²) in [5.74, 6) is -0.809. The van der Waals surface area contributed by atoms with Crippen LogP contribution in [0.2, 0.25) is 0 Å². The van der Waals surface area contributed by atoms with Crippen molar-refractivity contribution in [2.45, 2.75) is 19.1 Å². The number of urea groups is 1. The number of anilines is 2. The quantitative estimate of drug-likeness (QED) is 0.503. The van der Waals surface area contributed by atoms with Gasteiger partial charge in [-0.2, -0.15) is 8.78 Å². The molecule has 4 rings (SSSR count). The second kappa shape index (κ2) is 8.79. The van der Waals surface area contributed by atoms with Gasteiger partial charge < -0.3 is 26.4 Å². The Bertz CT molecular complexity index is 1170. The SMILES string of the molecule is NC(=O)c1nc2c(s1)C(c1ccccc1N)N(C(=O)Nc1ccccc1OC(F)F)CC2. The second-order valence-electron chi connectivity index (χ2n) is 6.97. The number of nitrogens with zero attached hydrogens (tertiary/aromatic N) is 2. The van der Waals surface area contributed by atoms with Gasteiger partial charge in [0.25, 0.3) is 5.91 Å². The summed E-state index contributed by atoms with van der Waals surface area (Å²) in [5.41, 5.74) is 13.5. The van der Waals surface area contributed by atoms with Gasteiger partial charge in [0.1, 0.15) is 5.75 Å². The normalized spacial score (nSPS) is 15.3. The highest BCUT2D eigenvalue weighted by atomic mass is 32.1. The number of nitrogen functional groups attached to an aromatic ring is 1. The topological polar surface area (TPSA) is 124 Å². The van der Waals surface area contributed by atoms with Gasteiger partial charge in [0, 0.05) is 24.2 Å². The fourth-order valence-corrected chi connectivity index (χ4v) is 4.70. The van der Waals surface area contributed by atoms with Crippen LogP contribution in [0.3, 0.4) is 0 Å². The monoisotopic (exact) mass is 459 g/mol. The first kappa shape index (κ1) is 21.5. The first-order valence-electron chi connectivity index (χ1n) is 9.60. The molecule has 0 fully saturated rings. The van der Waals surface area contributed by atoms with Crippen LogP contribution < -0.4 is 21.5 Å². The van der Waals surface area contributed by atoms with Crippen LogP contribution in [0.5, 0.6) is 5.75 Å². The van der Waals surface area contributed by atoms with Crippen LogP contribution in [-0.4, -0.2) is 35.0 Å². The summed E-state index contributed by atoms with van der Waals surface area (Å²) in [6.07, 6.45) is 0.394. The molecule has 8 nitrogen and oxygen atoms in total. The third-order valence-corrected chi connectivity index (χ3v) is 6.15. The predicted octanol–water partition coefficient (Wildman–Crippen LogP) is 3.61. The molecule has 1 aromatic heterocycles. The van der Waals surface area contributed by atoms with E-state index < -0.39 is 24.6 Å². The first-order chi connectivity index (χ1) is 15.3. The van der Waals surface area contributed by atoms with Crippen LogP contribution in [0.1, 0.15) is 32.0 Å². The summed E-state index contributed by atoms with van der Waals surface area (Å²) in [7, 11) is 0. The summed E-state index contributed by atoms with van der Waals surface area (Å²) in [6.45, 7) is -2.77. The van der Waals surface area contributed by atoms with Crippen molar-refractivity contribution in [2.75, 3.05) is 17.6 Å². The summed E-state index contributed by atoms with van der Waals surface area (Å²) in [6, 6.07) is 11.8. The Labute approximate surface area is 185 Å². The number of carbonyl (C=O) groups excluding carboxylic acids is 2. The number of hydrogen-bond acceptors (Lipinski definition) is 6. The second-order valence-corrected chi connectivity index (χ2v) is 8.00. The molecule has 1 unspecified atom stereocenters. The number of thiazole rings is 1. The summed E-state index contributed by atoms with van der Waals surface area (Å²) in [5, 5.41) is 2.79. The van der Waals surface area contributed by atoms with Crippen LogP contribution in [0.25, 0.3) is 0 Å². The highest BCUT2D eigenvalue weighted by Gasteiger charge is 2.36. The number of benzene rings is 2. The smallest absolute Gasteiger partial charge is 0.387 e. The van der Waals surface area contributed by atoms with Gasteiger partial charge in [0.15, 0.2) is 5.01 Å². The minimum atomic E-state index is -3.04. The molecule has 5 N–H and O–H groups in total. The van der Waals surface area contributed by atoms with Gasteiger partial charge >= 0.3 is 12.6 Å². The van der Waals surface area contributed by atoms with Crippen molar-refractivity contribution in [2.24, 2.45) is 5.73 Å². The number of ether oxygens (including phenoxy) is 1. The Kier molecular flexibility index (Phi) is 5.91. The average molecular weight is 459 g/mol. The molecule has 0 saturated carbocycles. The van der Waals surface area contributed by atoms with Gasteiger partial charge in [-0.15, -0.1) is 11.3 Å². The number of fused-ring (bicyclic) bond motifs is 1. The summed E-state index contributed by atoms with van der Waals surface area (Å²) in [4.78, 5) is 31.5. The van der Waals surface area contributed by atoms with E-state index in [0.717, 1.165) is 11.3 Å². The number of nitrogens with two attached hydrogens (primary N) is 2. The van der Waals surface area contributed by atoms with Crippen LogP contribution in [-0.2, 0) is 6.42 Å². The van der Waals surface area contributed by atoms with E-state index in [9.17, 15) is 18.4 Å². The van der Waals surface area contributed by atoms with E-state index in [0.29, 0.717) is 28.2 Å². The number of halogens is 2. The lowest BCUT2D eigenvalue weighted by atomic mass is 9.96. The Balaban J connectivity index is 1.72. The van der Waals surface area contributed by atoms with E-state index in [1.807, 2.05) is 0 Å². The predicted molar refractivity (Wildman–Crippen MR) is 116 cm³/mol. The number of alkyl halides is 2. The van der Waals surface area contributed by atoms with Crippen molar-refractivity contribution in [3.63, 3.8) is 0 Å². The Morgan fingerprint density at radius 2 is 1.91 bits per heavy atom. The molecule has 1 aliphatic rings. The van der Waals surface area contributed by atoms with Gasteiger partial charge in [-0.05, 0) is 18.2 Å². The molecule has 0 saturated heterocycles. The van der Waals surface area contributed by atoms with Crippen molar-refractivity contribution in [1.82, 2.24) is 9.88 Å². The number of carbonyl (C=O) groups is 2. The number of hydrogen-bond donors (Lipinski definition) is 3. The van der Waals surface area contributed by atoms with Crippen LogP contribution >= 0.6 is 11.3 Å². The molecule has 11 heteroatoms. The van der Waals surface area contributed by atoms with Gasteiger partial charge in [0.05, 0.1) is 22.3 Å². The van der Waals surface area contributed by atoms with E-state index in [2.05, 4.69) is 15.0 Å². The van der Waals surface area contributed by atoms with E-state index in [1.54, 1.807) is 30.3 Å². The summed E-state index contributed by atoms with van der Waals surface area (Å²) >= 11 is 1.11. The molecule has 32 heavy (non-hydrogen) atoms. The first-order valence-corrected chi connectivity index (χ1v) is 10.4. The number of aromatic nitrogens is 1. The van der Waals surface area contributed by atoms with Crippen molar-refractivity contribution in [1.29, 1.82) is 0 Å². The molecule has 0 radical (unpaired) electrons. The molecule has 1 atom stereocenters. The zero-order valence-electron chi connectivity index (χ0n) is 16.6. The Morgan fingerprint density at radius 3 is 2.62 bits per heavy atom. The largest absolute Gasteiger partial charge is 0.433 e. The van der Waals surface area contributed by atoms with Crippen molar-refractivity contribution in [3.05, 3.63) is 69.7 Å². The number of nitrogens with one attached hydrogen (secondary N) is 1. The molecular weight excluding hydrogens is 440 g/mol. The van der Waals surface area contributed by atoms with Crippen LogP contribution in [0.15, 0.2) is 48.5 Å². The molecule has 166 valence electrons. The molecular formula is C21H19F2N5O3S. The lowest BCUT2D eigenvalue weighted by Crippen LogP contribution is -2.42. The molecule has 0 bridgehead atoms. The molecule has 2 aromatic carbocycles. The highest BCUT2D eigenvalue weighted by Crippen LogP contribution is 2.41. The van der Waals surface area contributed by atoms with Gasteiger partial charge in [0.2, 0.25) is 0 Å². The van der Waals surface area contributed by atoms with E-state index in [4.69, 9.17) is 11.5 Å². The number of primary amides is 1. The van der Waals surface area contributed by atoms with E-state index in [-0.39, 0.29) is 23.0 Å². The fourth-order valence-electron chi connectivity index (χ4n) is 3.60. The van der Waals surface area contributed by atoms with Gasteiger partial charge in [-0.25, -0.2) is 9.78 Å². The summed E-state index contributed by atoms with van der Waals surface area (Å²) < 4.78 is 30.0. The highest BCUT2D eigenvalue weighted by molar-refractivity contribution is 7.13. The molecule has 1 aliphatic heterocycles. The molecule has 0 spiro atoms. The lowest BCUT2D eigenvalue weighted by molar-refractivity contribution is -0.0493. The molecule has 0 aliphatic carbocycles. The maximum absolute atomic E-state index is 13.3. The van der Waals surface area contributed by atoms with Crippen LogP contribution in [0.4, 0.5) is 25.0 Å². The molecule has 2 heterocycles. The zero-order valence-corrected chi connectivity index (χ0v) is 17.4. The fraction of sp³-hybridized carbons (Fsp3) is 0.190. The number of para-hydroxylation sites is 3.